The highest BCUT2D eigenvalue weighted by Gasteiger charge is 2.25. The van der Waals surface area contributed by atoms with Gasteiger partial charge in [0.1, 0.15) is 0 Å². The molecule has 0 radical (unpaired) electrons. The zero-order chi connectivity index (χ0) is 17.6. The molecule has 3 N–H and O–H groups in total. The number of amides is 3. The topological polar surface area (TPSA) is 81.7 Å². The minimum absolute atomic E-state index is 0.0293. The first-order valence-electron chi connectivity index (χ1n) is 8.34. The fourth-order valence-electron chi connectivity index (χ4n) is 2.89. The van der Waals surface area contributed by atoms with Crippen LogP contribution in [0.25, 0.3) is 0 Å². The van der Waals surface area contributed by atoms with Crippen molar-refractivity contribution >= 4 is 23.3 Å². The van der Waals surface area contributed by atoms with E-state index in [0.29, 0.717) is 30.8 Å². The van der Waals surface area contributed by atoms with Crippen molar-refractivity contribution in [3.63, 3.8) is 0 Å². The maximum atomic E-state index is 12.8. The molecule has 6 nitrogen and oxygen atoms in total. The molecule has 0 spiro atoms. The van der Waals surface area contributed by atoms with E-state index in [9.17, 15) is 9.59 Å². The third-order valence-corrected chi connectivity index (χ3v) is 4.12. The predicted octanol–water partition coefficient (Wildman–Crippen LogP) is 2.39. The Morgan fingerprint density at radius 2 is 1.96 bits per heavy atom. The Balaban J connectivity index is 1.69. The Morgan fingerprint density at radius 3 is 2.80 bits per heavy atom. The van der Waals surface area contributed by atoms with E-state index < -0.39 is 0 Å². The number of nitrogens with one attached hydrogen (secondary N) is 2. The molecule has 2 aromatic rings. The first-order chi connectivity index (χ1) is 12.2. The van der Waals surface area contributed by atoms with Crippen molar-refractivity contribution in [2.24, 2.45) is 0 Å². The lowest BCUT2D eigenvalue weighted by Gasteiger charge is -2.18. The zero-order valence-corrected chi connectivity index (χ0v) is 13.9. The second-order valence-electron chi connectivity index (χ2n) is 5.87. The van der Waals surface area contributed by atoms with Crippen LogP contribution in [0.2, 0.25) is 0 Å². The maximum Gasteiger partial charge on any atom is 0.319 e. The van der Waals surface area contributed by atoms with Crippen LogP contribution in [0.1, 0.15) is 22.3 Å². The molecule has 0 atom stereocenters. The van der Waals surface area contributed by atoms with Crippen LogP contribution in [0.5, 0.6) is 0 Å². The van der Waals surface area contributed by atoms with Gasteiger partial charge in [0, 0.05) is 36.6 Å². The van der Waals surface area contributed by atoms with Gasteiger partial charge in [-0.1, -0.05) is 24.3 Å². The highest BCUT2D eigenvalue weighted by atomic mass is 16.3. The molecule has 0 aliphatic carbocycles. The average molecular weight is 339 g/mol. The van der Waals surface area contributed by atoms with Crippen LogP contribution in [0, 0.1) is 0 Å². The van der Waals surface area contributed by atoms with Gasteiger partial charge < -0.3 is 20.6 Å². The number of carbonyl (C=O) groups excluding carboxylic acids is 2. The Labute approximate surface area is 146 Å². The first kappa shape index (κ1) is 17.0. The van der Waals surface area contributed by atoms with Crippen molar-refractivity contribution in [3.05, 3.63) is 59.7 Å². The van der Waals surface area contributed by atoms with Gasteiger partial charge in [0.25, 0.3) is 5.91 Å². The molecule has 1 aliphatic heterocycles. The van der Waals surface area contributed by atoms with Crippen molar-refractivity contribution in [1.82, 2.24) is 5.32 Å². The first-order valence-corrected chi connectivity index (χ1v) is 8.34. The molecule has 3 amide bonds. The Morgan fingerprint density at radius 1 is 1.12 bits per heavy atom. The van der Waals surface area contributed by atoms with Crippen LogP contribution in [0.15, 0.2) is 48.5 Å². The summed E-state index contributed by atoms with van der Waals surface area (Å²) < 4.78 is 0. The zero-order valence-electron chi connectivity index (χ0n) is 13.9. The summed E-state index contributed by atoms with van der Waals surface area (Å²) in [6, 6.07) is 14.5. The Kier molecular flexibility index (Phi) is 5.30. The molecule has 6 heteroatoms. The van der Waals surface area contributed by atoms with E-state index in [1.165, 1.54) is 5.56 Å². The number of anilines is 2. The summed E-state index contributed by atoms with van der Waals surface area (Å²) in [4.78, 5) is 26.4. The van der Waals surface area contributed by atoms with Gasteiger partial charge in [-0.3, -0.25) is 4.79 Å². The molecule has 0 unspecified atom stereocenters. The van der Waals surface area contributed by atoms with Gasteiger partial charge in [-0.15, -0.1) is 0 Å². The lowest BCUT2D eigenvalue weighted by atomic mass is 10.1. The summed E-state index contributed by atoms with van der Waals surface area (Å²) >= 11 is 0. The molecule has 0 aromatic heterocycles. The number of benzene rings is 2. The van der Waals surface area contributed by atoms with Gasteiger partial charge in [-0.05, 0) is 42.7 Å². The molecular formula is C19H21N3O3. The third-order valence-electron chi connectivity index (χ3n) is 4.12. The fraction of sp³-hybridized carbons (Fsp3) is 0.263. The van der Waals surface area contributed by atoms with Crippen LogP contribution >= 0.6 is 0 Å². The summed E-state index contributed by atoms with van der Waals surface area (Å²) in [5, 5.41) is 14.1. The Hall–Kier alpha value is -2.86. The van der Waals surface area contributed by atoms with Crippen molar-refractivity contribution in [3.8, 4) is 0 Å². The second kappa shape index (κ2) is 7.81. The van der Waals surface area contributed by atoms with Gasteiger partial charge in [0.2, 0.25) is 0 Å². The van der Waals surface area contributed by atoms with E-state index in [4.69, 9.17) is 5.11 Å². The number of carbonyl (C=O) groups is 2. The quantitative estimate of drug-likeness (QED) is 0.732. The average Bonchev–Trinajstić information content (AvgIpc) is 3.05. The predicted molar refractivity (Wildman–Crippen MR) is 97.0 cm³/mol. The Bertz CT molecular complexity index is 776. The summed E-state index contributed by atoms with van der Waals surface area (Å²) in [5.74, 6) is -0.0747. The molecule has 3 rings (SSSR count). The lowest BCUT2D eigenvalue weighted by molar-refractivity contribution is 0.0989. The van der Waals surface area contributed by atoms with Gasteiger partial charge in [0.05, 0.1) is 0 Å². The van der Waals surface area contributed by atoms with Crippen molar-refractivity contribution < 1.29 is 14.7 Å². The standard InChI is InChI=1S/C19H21N3O3/c23-12-4-10-20-19(25)21-16-7-3-6-15(13-16)18(24)22-11-9-14-5-1-2-8-17(14)22/h1-3,5-8,13,23H,4,9-12H2,(H2,20,21,25). The monoisotopic (exact) mass is 339 g/mol. The number of hydrogen-bond donors (Lipinski definition) is 3. The smallest absolute Gasteiger partial charge is 0.319 e. The molecule has 0 bridgehead atoms. The van der Waals surface area contributed by atoms with Crippen molar-refractivity contribution in [1.29, 1.82) is 0 Å². The summed E-state index contributed by atoms with van der Waals surface area (Å²) in [6.45, 7) is 1.09. The lowest BCUT2D eigenvalue weighted by Crippen LogP contribution is -2.30. The van der Waals surface area contributed by atoms with Gasteiger partial charge in [-0.2, -0.15) is 0 Å². The molecule has 130 valence electrons. The van der Waals surface area contributed by atoms with E-state index in [0.717, 1.165) is 12.1 Å². The summed E-state index contributed by atoms with van der Waals surface area (Å²) in [5.41, 5.74) is 3.21. The SMILES string of the molecule is O=C(NCCCO)Nc1cccc(C(=O)N2CCc3ccccc32)c1. The van der Waals surface area contributed by atoms with E-state index in [-0.39, 0.29) is 18.5 Å². The largest absolute Gasteiger partial charge is 0.396 e. The van der Waals surface area contributed by atoms with Crippen LogP contribution in [0.4, 0.5) is 16.2 Å². The normalized spacial score (nSPS) is 12.6. The summed E-state index contributed by atoms with van der Waals surface area (Å²) in [7, 11) is 0. The van der Waals surface area contributed by atoms with Crippen LogP contribution < -0.4 is 15.5 Å². The highest BCUT2D eigenvalue weighted by Crippen LogP contribution is 2.29. The number of aliphatic hydroxyl groups excluding tert-OH is 1. The minimum Gasteiger partial charge on any atom is -0.396 e. The molecule has 0 saturated carbocycles. The highest BCUT2D eigenvalue weighted by molar-refractivity contribution is 6.08. The minimum atomic E-state index is -0.357. The van der Waals surface area contributed by atoms with Gasteiger partial charge in [-0.25, -0.2) is 4.79 Å². The molecule has 25 heavy (non-hydrogen) atoms. The van der Waals surface area contributed by atoms with Crippen molar-refractivity contribution in [2.75, 3.05) is 29.9 Å². The number of fused-ring (bicyclic) bond motifs is 1. The number of urea groups is 1. The fourth-order valence-corrected chi connectivity index (χ4v) is 2.89. The second-order valence-corrected chi connectivity index (χ2v) is 5.87. The number of aliphatic hydroxyl groups is 1. The van der Waals surface area contributed by atoms with E-state index in [2.05, 4.69) is 10.6 Å². The number of nitrogens with zero attached hydrogens (tertiary/aromatic N) is 1. The number of hydrogen-bond acceptors (Lipinski definition) is 3. The van der Waals surface area contributed by atoms with Crippen LogP contribution in [-0.4, -0.2) is 36.7 Å². The third kappa shape index (κ3) is 3.97. The molecule has 0 fully saturated rings. The van der Waals surface area contributed by atoms with Crippen molar-refractivity contribution in [2.45, 2.75) is 12.8 Å². The molecule has 1 aliphatic rings. The number of para-hydroxylation sites is 1. The van der Waals surface area contributed by atoms with Gasteiger partial charge >= 0.3 is 6.03 Å². The van der Waals surface area contributed by atoms with E-state index in [1.54, 1.807) is 29.2 Å². The molecule has 2 aromatic carbocycles. The van der Waals surface area contributed by atoms with E-state index in [1.807, 2.05) is 24.3 Å². The van der Waals surface area contributed by atoms with Crippen LogP contribution in [0.3, 0.4) is 0 Å². The van der Waals surface area contributed by atoms with E-state index >= 15 is 0 Å². The molecule has 1 heterocycles. The number of rotatable bonds is 5. The maximum absolute atomic E-state index is 12.8. The van der Waals surface area contributed by atoms with Gasteiger partial charge in [0.15, 0.2) is 0 Å². The molecular weight excluding hydrogens is 318 g/mol. The molecule has 0 saturated heterocycles. The summed E-state index contributed by atoms with van der Waals surface area (Å²) in [6.07, 6.45) is 1.35. The van der Waals surface area contributed by atoms with Crippen LogP contribution in [-0.2, 0) is 6.42 Å².